The first-order chi connectivity index (χ1) is 12.4. The van der Waals surface area contributed by atoms with Crippen LogP contribution in [0.5, 0.6) is 11.5 Å². The SMILES string of the molecule is CON(C)S(=O)(=O)c1cccc(C(=O)Nc2ccc3c(c2)OCCO3)c1. The van der Waals surface area contributed by atoms with E-state index in [0.717, 1.165) is 4.47 Å². The zero-order chi connectivity index (χ0) is 18.7. The summed E-state index contributed by atoms with van der Waals surface area (Å²) < 4.78 is 36.2. The number of fused-ring (bicyclic) bond motifs is 1. The maximum Gasteiger partial charge on any atom is 0.264 e. The third kappa shape index (κ3) is 3.64. The van der Waals surface area contributed by atoms with Gasteiger partial charge in [0.25, 0.3) is 15.9 Å². The van der Waals surface area contributed by atoms with Gasteiger partial charge in [0.2, 0.25) is 0 Å². The quantitative estimate of drug-likeness (QED) is 0.799. The molecule has 1 amide bonds. The van der Waals surface area contributed by atoms with Gasteiger partial charge in [0.1, 0.15) is 13.2 Å². The second kappa shape index (κ2) is 7.32. The Morgan fingerprint density at radius 1 is 1.12 bits per heavy atom. The molecule has 2 aromatic rings. The van der Waals surface area contributed by atoms with Crippen molar-refractivity contribution in [2.24, 2.45) is 0 Å². The highest BCUT2D eigenvalue weighted by Crippen LogP contribution is 2.32. The lowest BCUT2D eigenvalue weighted by molar-refractivity contribution is -0.0258. The summed E-state index contributed by atoms with van der Waals surface area (Å²) in [6, 6.07) is 10.8. The van der Waals surface area contributed by atoms with E-state index in [1.165, 1.54) is 38.4 Å². The Kier molecular flexibility index (Phi) is 5.12. The van der Waals surface area contributed by atoms with Crippen molar-refractivity contribution >= 4 is 21.6 Å². The minimum absolute atomic E-state index is 0.0447. The lowest BCUT2D eigenvalue weighted by Crippen LogP contribution is -2.26. The van der Waals surface area contributed by atoms with Crippen molar-refractivity contribution in [3.05, 3.63) is 48.0 Å². The minimum Gasteiger partial charge on any atom is -0.486 e. The first-order valence-corrected chi connectivity index (χ1v) is 9.20. The van der Waals surface area contributed by atoms with Gasteiger partial charge in [0.15, 0.2) is 11.5 Å². The number of hydrogen-bond acceptors (Lipinski definition) is 6. The van der Waals surface area contributed by atoms with Crippen LogP contribution < -0.4 is 14.8 Å². The van der Waals surface area contributed by atoms with E-state index in [4.69, 9.17) is 14.3 Å². The minimum atomic E-state index is -3.84. The van der Waals surface area contributed by atoms with Crippen LogP contribution in [0.1, 0.15) is 10.4 Å². The average molecular weight is 378 g/mol. The number of rotatable bonds is 5. The van der Waals surface area contributed by atoms with E-state index in [1.807, 2.05) is 0 Å². The largest absolute Gasteiger partial charge is 0.486 e. The molecule has 1 N–H and O–H groups in total. The normalized spacial score (nSPS) is 13.5. The molecule has 2 aromatic carbocycles. The fourth-order valence-electron chi connectivity index (χ4n) is 2.37. The number of carbonyl (C=O) groups is 1. The summed E-state index contributed by atoms with van der Waals surface area (Å²) in [6.07, 6.45) is 0. The predicted octanol–water partition coefficient (Wildman–Crippen LogP) is 1.89. The van der Waals surface area contributed by atoms with Crippen LogP contribution in [0.25, 0.3) is 0 Å². The Hall–Kier alpha value is -2.62. The first-order valence-electron chi connectivity index (χ1n) is 7.76. The molecule has 0 saturated heterocycles. The summed E-state index contributed by atoms with van der Waals surface area (Å²) in [6.45, 7) is 0.924. The number of benzene rings is 2. The van der Waals surface area contributed by atoms with Gasteiger partial charge in [0.05, 0.1) is 12.0 Å². The Bertz CT molecular complexity index is 929. The molecule has 3 rings (SSSR count). The first kappa shape index (κ1) is 18.2. The molecule has 0 saturated carbocycles. The number of anilines is 1. The van der Waals surface area contributed by atoms with Crippen molar-refractivity contribution in [2.75, 3.05) is 32.7 Å². The highest BCUT2D eigenvalue weighted by atomic mass is 32.2. The summed E-state index contributed by atoms with van der Waals surface area (Å²) in [7, 11) is -1.31. The van der Waals surface area contributed by atoms with Crippen molar-refractivity contribution in [1.29, 1.82) is 0 Å². The molecule has 0 aromatic heterocycles. The van der Waals surface area contributed by atoms with Crippen LogP contribution in [0.2, 0.25) is 0 Å². The lowest BCUT2D eigenvalue weighted by Gasteiger charge is -2.19. The Balaban J connectivity index is 1.82. The van der Waals surface area contributed by atoms with Gasteiger partial charge < -0.3 is 14.8 Å². The highest BCUT2D eigenvalue weighted by molar-refractivity contribution is 7.89. The number of carbonyl (C=O) groups excluding carboxylic acids is 1. The van der Waals surface area contributed by atoms with Crippen molar-refractivity contribution in [2.45, 2.75) is 4.90 Å². The molecular formula is C17H18N2O6S. The Morgan fingerprint density at radius 2 is 1.85 bits per heavy atom. The zero-order valence-electron chi connectivity index (χ0n) is 14.3. The van der Waals surface area contributed by atoms with Gasteiger partial charge in [-0.05, 0) is 30.3 Å². The van der Waals surface area contributed by atoms with Crippen molar-refractivity contribution < 1.29 is 27.5 Å². The monoisotopic (exact) mass is 378 g/mol. The zero-order valence-corrected chi connectivity index (χ0v) is 15.1. The van der Waals surface area contributed by atoms with Crippen LogP contribution in [0.3, 0.4) is 0 Å². The van der Waals surface area contributed by atoms with Crippen LogP contribution in [0, 0.1) is 0 Å². The molecule has 0 unspecified atom stereocenters. The molecule has 0 fully saturated rings. The number of ether oxygens (including phenoxy) is 2. The average Bonchev–Trinajstić information content (AvgIpc) is 2.67. The van der Waals surface area contributed by atoms with E-state index < -0.39 is 15.9 Å². The summed E-state index contributed by atoms with van der Waals surface area (Å²) in [5, 5.41) is 2.72. The maximum absolute atomic E-state index is 12.5. The number of amides is 1. The molecule has 0 radical (unpaired) electrons. The highest BCUT2D eigenvalue weighted by Gasteiger charge is 2.22. The van der Waals surface area contributed by atoms with Gasteiger partial charge in [-0.15, -0.1) is 0 Å². The molecule has 138 valence electrons. The van der Waals surface area contributed by atoms with E-state index in [-0.39, 0.29) is 10.5 Å². The molecule has 1 aliphatic rings. The van der Waals surface area contributed by atoms with E-state index in [1.54, 1.807) is 18.2 Å². The van der Waals surface area contributed by atoms with Crippen LogP contribution in [0.4, 0.5) is 5.69 Å². The molecule has 0 bridgehead atoms. The fraction of sp³-hybridized carbons (Fsp3) is 0.235. The molecule has 26 heavy (non-hydrogen) atoms. The summed E-state index contributed by atoms with van der Waals surface area (Å²) >= 11 is 0. The molecular weight excluding hydrogens is 360 g/mol. The van der Waals surface area contributed by atoms with Gasteiger partial charge in [-0.3, -0.25) is 9.63 Å². The van der Waals surface area contributed by atoms with Crippen LogP contribution in [-0.4, -0.2) is 46.2 Å². The third-order valence-electron chi connectivity index (χ3n) is 3.79. The summed E-state index contributed by atoms with van der Waals surface area (Å²) in [4.78, 5) is 17.2. The second-order valence-corrected chi connectivity index (χ2v) is 7.37. The third-order valence-corrected chi connectivity index (χ3v) is 5.47. The summed E-state index contributed by atoms with van der Waals surface area (Å²) in [5.74, 6) is 0.718. The maximum atomic E-state index is 12.5. The number of hydroxylamine groups is 1. The van der Waals surface area contributed by atoms with Crippen LogP contribution in [0.15, 0.2) is 47.4 Å². The van der Waals surface area contributed by atoms with Crippen molar-refractivity contribution in [3.8, 4) is 11.5 Å². The van der Waals surface area contributed by atoms with Crippen LogP contribution >= 0.6 is 0 Å². The fourth-order valence-corrected chi connectivity index (χ4v) is 3.39. The molecule has 0 spiro atoms. The van der Waals surface area contributed by atoms with E-state index in [2.05, 4.69) is 5.32 Å². The molecule has 1 aliphatic heterocycles. The smallest absolute Gasteiger partial charge is 0.264 e. The van der Waals surface area contributed by atoms with Crippen molar-refractivity contribution in [1.82, 2.24) is 4.47 Å². The number of nitrogens with one attached hydrogen (secondary N) is 1. The van der Waals surface area contributed by atoms with E-state index in [9.17, 15) is 13.2 Å². The van der Waals surface area contributed by atoms with Gasteiger partial charge in [0, 0.05) is 24.4 Å². The molecule has 0 aliphatic carbocycles. The Labute approximate surface area is 151 Å². The number of nitrogens with zero attached hydrogens (tertiary/aromatic N) is 1. The molecule has 0 atom stereocenters. The number of sulfonamides is 1. The van der Waals surface area contributed by atoms with Gasteiger partial charge >= 0.3 is 0 Å². The molecule has 1 heterocycles. The van der Waals surface area contributed by atoms with Gasteiger partial charge in [-0.1, -0.05) is 10.5 Å². The standard InChI is InChI=1S/C17H18N2O6S/c1-19(23-2)26(21,22)14-5-3-4-12(10-14)17(20)18-13-6-7-15-16(11-13)25-9-8-24-15/h3-7,10-11H,8-9H2,1-2H3,(H,18,20). The molecule has 8 nitrogen and oxygen atoms in total. The predicted molar refractivity (Wildman–Crippen MR) is 93.8 cm³/mol. The Morgan fingerprint density at radius 3 is 2.58 bits per heavy atom. The topological polar surface area (TPSA) is 94.2 Å². The lowest BCUT2D eigenvalue weighted by atomic mass is 10.2. The molecule has 9 heteroatoms. The van der Waals surface area contributed by atoms with Gasteiger partial charge in [-0.2, -0.15) is 0 Å². The summed E-state index contributed by atoms with van der Waals surface area (Å²) in [5.41, 5.74) is 0.715. The second-order valence-electron chi connectivity index (χ2n) is 5.44. The van der Waals surface area contributed by atoms with E-state index >= 15 is 0 Å². The van der Waals surface area contributed by atoms with Crippen LogP contribution in [-0.2, 0) is 14.9 Å². The number of hydrogen-bond donors (Lipinski definition) is 1. The van der Waals surface area contributed by atoms with Crippen molar-refractivity contribution in [3.63, 3.8) is 0 Å². The van der Waals surface area contributed by atoms with Gasteiger partial charge in [-0.25, -0.2) is 8.42 Å². The van der Waals surface area contributed by atoms with E-state index in [0.29, 0.717) is 30.4 Å².